The van der Waals surface area contributed by atoms with Crippen molar-refractivity contribution in [2.24, 2.45) is 0 Å². The second-order valence-corrected chi connectivity index (χ2v) is 8.28. The molecule has 1 aliphatic rings. The molecule has 0 N–H and O–H groups in total. The van der Waals surface area contributed by atoms with Crippen LogP contribution in [0.1, 0.15) is 12.0 Å². The maximum Gasteiger partial charge on any atom is 0.227 e. The number of sulfonamides is 1. The zero-order valence-corrected chi connectivity index (χ0v) is 14.6. The van der Waals surface area contributed by atoms with Crippen molar-refractivity contribution in [3.8, 4) is 0 Å². The first kappa shape index (κ1) is 17.3. The van der Waals surface area contributed by atoms with Crippen molar-refractivity contribution < 1.29 is 13.2 Å². The number of rotatable bonds is 4. The summed E-state index contributed by atoms with van der Waals surface area (Å²) in [6.45, 7) is 1.96. The Morgan fingerprint density at radius 1 is 1.14 bits per heavy atom. The lowest BCUT2D eigenvalue weighted by molar-refractivity contribution is -0.130. The van der Waals surface area contributed by atoms with Gasteiger partial charge in [-0.25, -0.2) is 12.7 Å². The molecule has 0 spiro atoms. The Balaban J connectivity index is 1.95. The molecule has 0 bridgehead atoms. The van der Waals surface area contributed by atoms with Crippen molar-refractivity contribution in [3.05, 3.63) is 29.8 Å². The van der Waals surface area contributed by atoms with Crippen LogP contribution in [-0.4, -0.2) is 62.2 Å². The van der Waals surface area contributed by atoms with E-state index in [1.165, 1.54) is 15.5 Å². The molecule has 0 saturated carbocycles. The molecule has 1 saturated heterocycles. The van der Waals surface area contributed by atoms with Crippen LogP contribution in [0.15, 0.2) is 29.2 Å². The van der Waals surface area contributed by atoms with Crippen LogP contribution in [0.3, 0.4) is 0 Å². The van der Waals surface area contributed by atoms with Crippen molar-refractivity contribution in [2.75, 3.05) is 38.7 Å². The minimum Gasteiger partial charge on any atom is -0.341 e. The summed E-state index contributed by atoms with van der Waals surface area (Å²) in [7, 11) is -3.17. The van der Waals surface area contributed by atoms with E-state index in [4.69, 9.17) is 0 Å². The molecule has 22 heavy (non-hydrogen) atoms. The van der Waals surface area contributed by atoms with Gasteiger partial charge in [-0.1, -0.05) is 12.1 Å². The highest BCUT2D eigenvalue weighted by Gasteiger charge is 2.23. The number of amides is 1. The number of hydrogen-bond acceptors (Lipinski definition) is 4. The second-order valence-electron chi connectivity index (χ2n) is 5.42. The Labute approximate surface area is 136 Å². The predicted molar refractivity (Wildman–Crippen MR) is 89.5 cm³/mol. The van der Waals surface area contributed by atoms with Crippen LogP contribution in [0.4, 0.5) is 0 Å². The number of hydrogen-bond donors (Lipinski definition) is 0. The summed E-state index contributed by atoms with van der Waals surface area (Å²) >= 11 is 1.67. The SMILES string of the molecule is CSc1ccc(CC(=O)N2CCCN(S(C)(=O)=O)CC2)cc1. The third kappa shape index (κ3) is 4.72. The standard InChI is InChI=1S/C15H22N2O3S2/c1-21-14-6-4-13(5-7-14)12-15(18)16-8-3-9-17(11-10-16)22(2,19)20/h4-7H,3,8-12H2,1-2H3. The first-order chi connectivity index (χ1) is 10.4. The van der Waals surface area contributed by atoms with Gasteiger partial charge < -0.3 is 4.90 Å². The third-order valence-electron chi connectivity index (χ3n) is 3.79. The molecular weight excluding hydrogens is 320 g/mol. The van der Waals surface area contributed by atoms with Crippen molar-refractivity contribution >= 4 is 27.7 Å². The van der Waals surface area contributed by atoms with Crippen LogP contribution >= 0.6 is 11.8 Å². The summed E-state index contributed by atoms with van der Waals surface area (Å²) in [5.74, 6) is 0.0623. The zero-order valence-electron chi connectivity index (χ0n) is 13.0. The highest BCUT2D eigenvalue weighted by molar-refractivity contribution is 7.98. The molecule has 5 nitrogen and oxygen atoms in total. The predicted octanol–water partition coefficient (Wildman–Crippen LogP) is 1.44. The van der Waals surface area contributed by atoms with Gasteiger partial charge in [0.2, 0.25) is 15.9 Å². The average molecular weight is 342 g/mol. The molecule has 1 fully saturated rings. The number of nitrogens with zero attached hydrogens (tertiary/aromatic N) is 2. The van der Waals surface area contributed by atoms with E-state index in [0.29, 0.717) is 39.0 Å². The average Bonchev–Trinajstić information content (AvgIpc) is 2.73. The van der Waals surface area contributed by atoms with Crippen LogP contribution in [0.25, 0.3) is 0 Å². The molecule has 2 rings (SSSR count). The molecule has 0 atom stereocenters. The van der Waals surface area contributed by atoms with Crippen molar-refractivity contribution in [1.29, 1.82) is 0 Å². The molecule has 1 aromatic rings. The summed E-state index contributed by atoms with van der Waals surface area (Å²) in [6, 6.07) is 7.98. The molecule has 0 radical (unpaired) electrons. The van der Waals surface area contributed by atoms with Gasteiger partial charge in [0.15, 0.2) is 0 Å². The third-order valence-corrected chi connectivity index (χ3v) is 5.84. The summed E-state index contributed by atoms with van der Waals surface area (Å²) in [5.41, 5.74) is 0.993. The molecule has 0 aromatic heterocycles. The molecule has 1 amide bonds. The van der Waals surface area contributed by atoms with Gasteiger partial charge in [-0.2, -0.15) is 0 Å². The lowest BCUT2D eigenvalue weighted by atomic mass is 10.1. The van der Waals surface area contributed by atoms with E-state index >= 15 is 0 Å². The van der Waals surface area contributed by atoms with Gasteiger partial charge in [-0.15, -0.1) is 11.8 Å². The first-order valence-corrected chi connectivity index (χ1v) is 10.3. The molecule has 122 valence electrons. The lowest BCUT2D eigenvalue weighted by Gasteiger charge is -2.21. The summed E-state index contributed by atoms with van der Waals surface area (Å²) in [4.78, 5) is 15.3. The molecule has 7 heteroatoms. The monoisotopic (exact) mass is 342 g/mol. The molecule has 1 heterocycles. The Bertz CT molecular complexity index is 614. The zero-order chi connectivity index (χ0) is 16.2. The Kier molecular flexibility index (Phi) is 5.88. The number of carbonyl (C=O) groups is 1. The largest absolute Gasteiger partial charge is 0.341 e. The smallest absolute Gasteiger partial charge is 0.227 e. The van der Waals surface area contributed by atoms with E-state index in [2.05, 4.69) is 0 Å². The van der Waals surface area contributed by atoms with Gasteiger partial charge in [0, 0.05) is 31.1 Å². The van der Waals surface area contributed by atoms with E-state index in [1.807, 2.05) is 30.5 Å². The minimum atomic E-state index is -3.17. The molecule has 1 aromatic carbocycles. The van der Waals surface area contributed by atoms with Gasteiger partial charge in [0.1, 0.15) is 0 Å². The second kappa shape index (κ2) is 7.48. The van der Waals surface area contributed by atoms with E-state index in [0.717, 1.165) is 5.56 Å². The van der Waals surface area contributed by atoms with Crippen LogP contribution < -0.4 is 0 Å². The van der Waals surface area contributed by atoms with Crippen molar-refractivity contribution in [3.63, 3.8) is 0 Å². The van der Waals surface area contributed by atoms with Gasteiger partial charge in [-0.05, 0) is 30.4 Å². The van der Waals surface area contributed by atoms with E-state index in [-0.39, 0.29) is 5.91 Å². The van der Waals surface area contributed by atoms with E-state index in [1.54, 1.807) is 16.7 Å². The quantitative estimate of drug-likeness (QED) is 0.777. The van der Waals surface area contributed by atoms with Gasteiger partial charge in [0.05, 0.1) is 12.7 Å². The Morgan fingerprint density at radius 2 is 1.82 bits per heavy atom. The van der Waals surface area contributed by atoms with Crippen molar-refractivity contribution in [1.82, 2.24) is 9.21 Å². The topological polar surface area (TPSA) is 57.7 Å². The molecule has 0 unspecified atom stereocenters. The lowest BCUT2D eigenvalue weighted by Crippen LogP contribution is -2.37. The number of carbonyl (C=O) groups excluding carboxylic acids is 1. The van der Waals surface area contributed by atoms with Gasteiger partial charge >= 0.3 is 0 Å². The molecule has 0 aliphatic carbocycles. The van der Waals surface area contributed by atoms with E-state index in [9.17, 15) is 13.2 Å². The van der Waals surface area contributed by atoms with Crippen LogP contribution in [-0.2, 0) is 21.2 Å². The fourth-order valence-electron chi connectivity index (χ4n) is 2.50. The normalized spacial score (nSPS) is 17.3. The summed E-state index contributed by atoms with van der Waals surface area (Å²) in [6.07, 6.45) is 4.29. The fourth-order valence-corrected chi connectivity index (χ4v) is 3.79. The highest BCUT2D eigenvalue weighted by atomic mass is 32.2. The molecular formula is C15H22N2O3S2. The Morgan fingerprint density at radius 3 is 2.41 bits per heavy atom. The molecule has 1 aliphatic heterocycles. The highest BCUT2D eigenvalue weighted by Crippen LogP contribution is 2.16. The first-order valence-electron chi connectivity index (χ1n) is 7.26. The van der Waals surface area contributed by atoms with Gasteiger partial charge in [0.25, 0.3) is 0 Å². The summed E-state index contributed by atoms with van der Waals surface area (Å²) < 4.78 is 24.6. The maximum atomic E-state index is 12.4. The Hall–Kier alpha value is -1.05. The minimum absolute atomic E-state index is 0.0623. The van der Waals surface area contributed by atoms with Crippen LogP contribution in [0, 0.1) is 0 Å². The van der Waals surface area contributed by atoms with Gasteiger partial charge in [-0.3, -0.25) is 4.79 Å². The van der Waals surface area contributed by atoms with Crippen LogP contribution in [0.2, 0.25) is 0 Å². The summed E-state index contributed by atoms with van der Waals surface area (Å²) in [5, 5.41) is 0. The fraction of sp³-hybridized carbons (Fsp3) is 0.533. The maximum absolute atomic E-state index is 12.4. The van der Waals surface area contributed by atoms with E-state index < -0.39 is 10.0 Å². The number of benzene rings is 1. The van der Waals surface area contributed by atoms with Crippen LogP contribution in [0.5, 0.6) is 0 Å². The van der Waals surface area contributed by atoms with Crippen molar-refractivity contribution in [2.45, 2.75) is 17.7 Å². The number of thioether (sulfide) groups is 1.